The molecule has 0 aromatic heterocycles. The molecule has 0 aromatic carbocycles. The molecule has 0 radical (unpaired) electrons. The summed E-state index contributed by atoms with van der Waals surface area (Å²) in [5.74, 6) is 1.58. The van der Waals surface area contributed by atoms with Crippen molar-refractivity contribution in [1.82, 2.24) is 0 Å². The van der Waals surface area contributed by atoms with Crippen molar-refractivity contribution < 1.29 is 0 Å². The van der Waals surface area contributed by atoms with Gasteiger partial charge in [-0.3, -0.25) is 0 Å². The highest BCUT2D eigenvalue weighted by molar-refractivity contribution is 6.21. The van der Waals surface area contributed by atoms with Gasteiger partial charge in [0.05, 0.1) is 0 Å². The predicted molar refractivity (Wildman–Crippen MR) is 51.0 cm³/mol. The van der Waals surface area contributed by atoms with E-state index in [9.17, 15) is 0 Å². The van der Waals surface area contributed by atoms with E-state index in [4.69, 9.17) is 11.6 Å². The Morgan fingerprint density at radius 2 is 1.45 bits per heavy atom. The second-order valence-corrected chi connectivity index (χ2v) is 5.17. The van der Waals surface area contributed by atoms with Crippen LogP contribution in [-0.4, -0.2) is 5.38 Å². The van der Waals surface area contributed by atoms with Crippen molar-refractivity contribution in [2.24, 2.45) is 17.3 Å². The van der Waals surface area contributed by atoms with Crippen LogP contribution in [0.4, 0.5) is 0 Å². The Morgan fingerprint density at radius 1 is 1.09 bits per heavy atom. The zero-order chi connectivity index (χ0) is 8.65. The number of alkyl halides is 1. The van der Waals surface area contributed by atoms with E-state index in [0.717, 1.165) is 11.8 Å². The number of rotatable bonds is 2. The van der Waals surface area contributed by atoms with E-state index in [-0.39, 0.29) is 0 Å². The van der Waals surface area contributed by atoms with E-state index in [0.29, 0.717) is 10.8 Å². The third-order valence-corrected chi connectivity index (χ3v) is 3.81. The summed E-state index contributed by atoms with van der Waals surface area (Å²) in [6.07, 6.45) is 2.45. The molecule has 0 saturated heterocycles. The molecule has 0 N–H and O–H groups in total. The minimum absolute atomic E-state index is 0.458. The third kappa shape index (κ3) is 1.42. The molecule has 1 aliphatic carbocycles. The van der Waals surface area contributed by atoms with Crippen LogP contribution in [0, 0.1) is 17.3 Å². The summed E-state index contributed by atoms with van der Waals surface area (Å²) in [6.45, 7) is 9.29. The van der Waals surface area contributed by atoms with Crippen molar-refractivity contribution in [2.75, 3.05) is 0 Å². The first-order chi connectivity index (χ1) is 4.99. The quantitative estimate of drug-likeness (QED) is 0.561. The fourth-order valence-electron chi connectivity index (χ4n) is 2.37. The van der Waals surface area contributed by atoms with Crippen molar-refractivity contribution in [1.29, 1.82) is 0 Å². The highest BCUT2D eigenvalue weighted by atomic mass is 35.5. The Kier molecular flexibility index (Phi) is 2.53. The van der Waals surface area contributed by atoms with Crippen LogP contribution in [0.15, 0.2) is 0 Å². The minimum Gasteiger partial charge on any atom is -0.123 e. The van der Waals surface area contributed by atoms with E-state index in [2.05, 4.69) is 27.7 Å². The summed E-state index contributed by atoms with van der Waals surface area (Å²) in [7, 11) is 0. The molecule has 1 heteroatoms. The van der Waals surface area contributed by atoms with Crippen molar-refractivity contribution in [3.8, 4) is 0 Å². The van der Waals surface area contributed by atoms with E-state index >= 15 is 0 Å². The first kappa shape index (κ1) is 9.38. The van der Waals surface area contributed by atoms with Gasteiger partial charge in [0, 0.05) is 5.38 Å². The lowest BCUT2D eigenvalue weighted by Gasteiger charge is -2.52. The number of hydrogen-bond acceptors (Lipinski definition) is 0. The summed E-state index contributed by atoms with van der Waals surface area (Å²) in [5, 5.41) is 0.458. The van der Waals surface area contributed by atoms with Gasteiger partial charge in [0.2, 0.25) is 0 Å². The first-order valence-electron chi connectivity index (χ1n) is 4.63. The van der Waals surface area contributed by atoms with Crippen molar-refractivity contribution in [3.63, 3.8) is 0 Å². The largest absolute Gasteiger partial charge is 0.123 e. The van der Waals surface area contributed by atoms with Gasteiger partial charge < -0.3 is 0 Å². The van der Waals surface area contributed by atoms with Gasteiger partial charge in [0.1, 0.15) is 0 Å². The molecule has 0 aromatic rings. The summed E-state index contributed by atoms with van der Waals surface area (Å²) >= 11 is 6.02. The average Bonchev–Trinajstić information content (AvgIpc) is 1.78. The maximum Gasteiger partial charge on any atom is 0.0347 e. The Bertz CT molecular complexity index is 122. The van der Waals surface area contributed by atoms with Gasteiger partial charge in [0.25, 0.3) is 0 Å². The van der Waals surface area contributed by atoms with Crippen LogP contribution in [0.25, 0.3) is 0 Å². The number of halogens is 1. The van der Waals surface area contributed by atoms with Gasteiger partial charge in [-0.05, 0) is 30.1 Å². The summed E-state index contributed by atoms with van der Waals surface area (Å²) in [4.78, 5) is 0. The third-order valence-electron chi connectivity index (χ3n) is 3.50. The molecule has 11 heavy (non-hydrogen) atoms. The van der Waals surface area contributed by atoms with Gasteiger partial charge in [-0.1, -0.05) is 27.7 Å². The highest BCUT2D eigenvalue weighted by Crippen LogP contribution is 2.54. The van der Waals surface area contributed by atoms with Crippen LogP contribution in [0.5, 0.6) is 0 Å². The van der Waals surface area contributed by atoms with E-state index < -0.39 is 0 Å². The van der Waals surface area contributed by atoms with Crippen molar-refractivity contribution in [2.45, 2.75) is 45.9 Å². The minimum atomic E-state index is 0.458. The molecule has 0 bridgehead atoms. The van der Waals surface area contributed by atoms with Crippen LogP contribution >= 0.6 is 11.6 Å². The Balaban J connectivity index is 2.61. The summed E-state index contributed by atoms with van der Waals surface area (Å²) < 4.78 is 0. The lowest BCUT2D eigenvalue weighted by Crippen LogP contribution is -2.46. The van der Waals surface area contributed by atoms with Crippen LogP contribution in [0.2, 0.25) is 0 Å². The van der Waals surface area contributed by atoms with Crippen molar-refractivity contribution >= 4 is 11.6 Å². The molecule has 1 fully saturated rings. The van der Waals surface area contributed by atoms with Crippen molar-refractivity contribution in [3.05, 3.63) is 0 Å². The molecule has 1 aliphatic rings. The fraction of sp³-hybridized carbons (Fsp3) is 1.00. The molecular weight excluding hydrogens is 156 g/mol. The molecule has 0 heterocycles. The molecule has 0 amide bonds. The first-order valence-corrected chi connectivity index (χ1v) is 5.07. The molecule has 1 rings (SSSR count). The summed E-state index contributed by atoms with van der Waals surface area (Å²) in [6, 6.07) is 0. The molecule has 0 nitrogen and oxygen atoms in total. The molecular formula is C10H19Cl. The lowest BCUT2D eigenvalue weighted by atomic mass is 9.56. The molecule has 0 atom stereocenters. The standard InChI is InChI=1S/C10H19Cl/c1-7(2)10(8(3)4)5-9(11)6-10/h7-9H,5-6H2,1-4H3. The van der Waals surface area contributed by atoms with Gasteiger partial charge in [-0.15, -0.1) is 11.6 Å². The normalized spacial score (nSPS) is 24.3. The monoisotopic (exact) mass is 174 g/mol. The van der Waals surface area contributed by atoms with E-state index in [1.807, 2.05) is 0 Å². The summed E-state index contributed by atoms with van der Waals surface area (Å²) in [5.41, 5.74) is 0.562. The topological polar surface area (TPSA) is 0 Å². The Hall–Kier alpha value is 0.290. The highest BCUT2D eigenvalue weighted by Gasteiger charge is 2.47. The van der Waals surface area contributed by atoms with Gasteiger partial charge in [0.15, 0.2) is 0 Å². The second-order valence-electron chi connectivity index (χ2n) is 4.55. The molecule has 1 saturated carbocycles. The van der Waals surface area contributed by atoms with Crippen LogP contribution in [0.1, 0.15) is 40.5 Å². The van der Waals surface area contributed by atoms with Crippen LogP contribution in [-0.2, 0) is 0 Å². The van der Waals surface area contributed by atoms with E-state index in [1.54, 1.807) is 0 Å². The smallest absolute Gasteiger partial charge is 0.0347 e. The molecule has 0 aliphatic heterocycles. The van der Waals surface area contributed by atoms with E-state index in [1.165, 1.54) is 12.8 Å². The van der Waals surface area contributed by atoms with Gasteiger partial charge in [-0.2, -0.15) is 0 Å². The van der Waals surface area contributed by atoms with Crippen LogP contribution in [0.3, 0.4) is 0 Å². The molecule has 0 spiro atoms. The maximum absolute atomic E-state index is 6.02. The fourth-order valence-corrected chi connectivity index (χ4v) is 2.95. The SMILES string of the molecule is CC(C)C1(C(C)C)CC(Cl)C1. The average molecular weight is 175 g/mol. The molecule has 0 unspecified atom stereocenters. The molecule has 66 valence electrons. The lowest BCUT2D eigenvalue weighted by molar-refractivity contribution is 0.0178. The second kappa shape index (κ2) is 2.97. The Labute approximate surface area is 75.3 Å². The van der Waals surface area contributed by atoms with Gasteiger partial charge in [-0.25, -0.2) is 0 Å². The maximum atomic E-state index is 6.02. The Morgan fingerprint density at radius 3 is 1.55 bits per heavy atom. The zero-order valence-corrected chi connectivity index (χ0v) is 8.78. The van der Waals surface area contributed by atoms with Crippen LogP contribution < -0.4 is 0 Å². The predicted octanol–water partition coefficient (Wildman–Crippen LogP) is 3.69. The van der Waals surface area contributed by atoms with Gasteiger partial charge >= 0.3 is 0 Å². The number of hydrogen-bond donors (Lipinski definition) is 0. The zero-order valence-electron chi connectivity index (χ0n) is 8.02.